The fourth-order valence-corrected chi connectivity index (χ4v) is 0.443. The molecule has 7 nitrogen and oxygen atoms in total. The van der Waals surface area contributed by atoms with Gasteiger partial charge in [0.25, 0.3) is 0 Å². The first-order valence-electron chi connectivity index (χ1n) is 5.13. The van der Waals surface area contributed by atoms with E-state index in [2.05, 4.69) is 32.4 Å². The number of ether oxygens (including phenoxy) is 1. The zero-order chi connectivity index (χ0) is 13.8. The van der Waals surface area contributed by atoms with Gasteiger partial charge in [0, 0.05) is 0 Å². The van der Waals surface area contributed by atoms with Gasteiger partial charge in [0.2, 0.25) is 0 Å². The molecule has 102 valence electrons. The topological polar surface area (TPSA) is 102 Å². The maximum Gasteiger partial charge on any atom is 0.516 e. The second-order valence-electron chi connectivity index (χ2n) is 3.99. The SMILES string of the molecule is CC(C)COOCC(C)C.O=C(O)OC(=O)O. The molecule has 0 fully saturated rings. The lowest BCUT2D eigenvalue weighted by molar-refractivity contribution is -0.304. The molecule has 0 unspecified atom stereocenters. The Morgan fingerprint density at radius 1 is 0.882 bits per heavy atom. The summed E-state index contributed by atoms with van der Waals surface area (Å²) in [7, 11) is 0. The monoisotopic (exact) mass is 252 g/mol. The van der Waals surface area contributed by atoms with Crippen molar-refractivity contribution in [1.29, 1.82) is 0 Å². The fourth-order valence-electron chi connectivity index (χ4n) is 0.443. The van der Waals surface area contributed by atoms with E-state index in [1.54, 1.807) is 0 Å². The third-order valence-electron chi connectivity index (χ3n) is 1.06. The summed E-state index contributed by atoms with van der Waals surface area (Å²) in [6, 6.07) is 0. The summed E-state index contributed by atoms with van der Waals surface area (Å²) in [5, 5.41) is 15.0. The first kappa shape index (κ1) is 18.0. The highest BCUT2D eigenvalue weighted by Crippen LogP contribution is 1.96. The average Bonchev–Trinajstić information content (AvgIpc) is 2.10. The molecule has 0 saturated heterocycles. The molecule has 7 heteroatoms. The Bertz CT molecular complexity index is 191. The number of carboxylic acid groups (broad SMARTS) is 2. The van der Waals surface area contributed by atoms with E-state index in [1.807, 2.05) is 0 Å². The zero-order valence-electron chi connectivity index (χ0n) is 10.5. The largest absolute Gasteiger partial charge is 0.516 e. The summed E-state index contributed by atoms with van der Waals surface area (Å²) in [4.78, 5) is 28.2. The van der Waals surface area contributed by atoms with Crippen LogP contribution in [0.2, 0.25) is 0 Å². The Morgan fingerprint density at radius 2 is 1.18 bits per heavy atom. The van der Waals surface area contributed by atoms with E-state index in [0.717, 1.165) is 0 Å². The van der Waals surface area contributed by atoms with E-state index in [-0.39, 0.29) is 0 Å². The molecule has 0 heterocycles. The van der Waals surface area contributed by atoms with Gasteiger partial charge in [0.1, 0.15) is 0 Å². The molecule has 2 N–H and O–H groups in total. The quantitative estimate of drug-likeness (QED) is 0.255. The minimum absolute atomic E-state index is 0.548. The summed E-state index contributed by atoms with van der Waals surface area (Å²) in [5.74, 6) is 1.10. The van der Waals surface area contributed by atoms with Crippen LogP contribution in [0.4, 0.5) is 9.59 Å². The lowest BCUT2D eigenvalue weighted by Crippen LogP contribution is -2.07. The van der Waals surface area contributed by atoms with Crippen LogP contribution in [0.1, 0.15) is 27.7 Å². The van der Waals surface area contributed by atoms with Crippen molar-refractivity contribution in [2.75, 3.05) is 13.2 Å². The minimum Gasteiger partial charge on any atom is -0.449 e. The first-order valence-corrected chi connectivity index (χ1v) is 5.13. The number of rotatable bonds is 5. The van der Waals surface area contributed by atoms with Gasteiger partial charge in [-0.1, -0.05) is 27.7 Å². The molecule has 0 aromatic heterocycles. The van der Waals surface area contributed by atoms with E-state index in [4.69, 9.17) is 20.0 Å². The van der Waals surface area contributed by atoms with Crippen molar-refractivity contribution < 1.29 is 34.3 Å². The normalized spacial score (nSPS) is 9.76. The highest BCUT2D eigenvalue weighted by Gasteiger charge is 2.01. The van der Waals surface area contributed by atoms with Gasteiger partial charge in [0.05, 0.1) is 13.2 Å². The summed E-state index contributed by atoms with van der Waals surface area (Å²) < 4.78 is 3.08. The molecule has 0 saturated carbocycles. The van der Waals surface area contributed by atoms with Crippen LogP contribution in [0.15, 0.2) is 0 Å². The van der Waals surface area contributed by atoms with E-state index in [9.17, 15) is 9.59 Å². The van der Waals surface area contributed by atoms with Crippen LogP contribution in [0.5, 0.6) is 0 Å². The van der Waals surface area contributed by atoms with Crippen molar-refractivity contribution in [2.24, 2.45) is 11.8 Å². The Hall–Kier alpha value is -1.34. The van der Waals surface area contributed by atoms with Crippen LogP contribution >= 0.6 is 0 Å². The van der Waals surface area contributed by atoms with Crippen molar-refractivity contribution >= 4 is 12.3 Å². The molecule has 0 aliphatic heterocycles. The number of hydrogen-bond acceptors (Lipinski definition) is 5. The summed E-state index contributed by atoms with van der Waals surface area (Å²) >= 11 is 0. The minimum atomic E-state index is -1.81. The molecule has 0 bridgehead atoms. The standard InChI is InChI=1S/C8H18O2.C2H2O5/c1-7(2)5-9-10-6-8(3)4;3-1(4)7-2(5)6/h7-8H,5-6H2,1-4H3;(H,3,4)(H,5,6). The van der Waals surface area contributed by atoms with Gasteiger partial charge >= 0.3 is 12.3 Å². The van der Waals surface area contributed by atoms with Gasteiger partial charge in [0.15, 0.2) is 0 Å². The Labute approximate surface area is 100 Å². The molecule has 0 aliphatic rings. The summed E-state index contributed by atoms with van der Waals surface area (Å²) in [6.45, 7) is 9.76. The fraction of sp³-hybridized carbons (Fsp3) is 0.800. The van der Waals surface area contributed by atoms with Crippen LogP contribution in [0.25, 0.3) is 0 Å². The van der Waals surface area contributed by atoms with Gasteiger partial charge in [-0.3, -0.25) is 0 Å². The number of carbonyl (C=O) groups is 2. The van der Waals surface area contributed by atoms with E-state index in [0.29, 0.717) is 25.0 Å². The van der Waals surface area contributed by atoms with Crippen molar-refractivity contribution in [1.82, 2.24) is 0 Å². The Kier molecular flexibility index (Phi) is 11.8. The molecule has 0 radical (unpaired) electrons. The Morgan fingerprint density at radius 3 is 1.29 bits per heavy atom. The summed E-state index contributed by atoms with van der Waals surface area (Å²) in [6.07, 6.45) is -3.62. The second kappa shape index (κ2) is 11.2. The highest BCUT2D eigenvalue weighted by molar-refractivity contribution is 5.74. The van der Waals surface area contributed by atoms with E-state index >= 15 is 0 Å². The molecule has 0 aromatic carbocycles. The molecule has 0 amide bonds. The van der Waals surface area contributed by atoms with Gasteiger partial charge < -0.3 is 14.9 Å². The lowest BCUT2D eigenvalue weighted by Gasteiger charge is -2.07. The van der Waals surface area contributed by atoms with E-state index < -0.39 is 12.3 Å². The van der Waals surface area contributed by atoms with Gasteiger partial charge in [-0.25, -0.2) is 19.4 Å². The molecule has 0 aromatic rings. The van der Waals surface area contributed by atoms with Gasteiger partial charge in [-0.15, -0.1) is 0 Å². The molecule has 0 rings (SSSR count). The molecule has 0 spiro atoms. The van der Waals surface area contributed by atoms with Crippen molar-refractivity contribution in [3.05, 3.63) is 0 Å². The van der Waals surface area contributed by atoms with E-state index in [1.165, 1.54) is 0 Å². The first-order chi connectivity index (χ1) is 7.75. The molecular formula is C10H20O7. The average molecular weight is 252 g/mol. The third kappa shape index (κ3) is 25.2. The maximum absolute atomic E-state index is 9.21. The predicted octanol–water partition coefficient (Wildman–Crippen LogP) is 2.61. The predicted molar refractivity (Wildman–Crippen MR) is 58.7 cm³/mol. The maximum atomic E-state index is 9.21. The van der Waals surface area contributed by atoms with Crippen LogP contribution in [0, 0.1) is 11.8 Å². The van der Waals surface area contributed by atoms with Crippen LogP contribution in [0.3, 0.4) is 0 Å². The van der Waals surface area contributed by atoms with Gasteiger partial charge in [-0.05, 0) is 11.8 Å². The molecular weight excluding hydrogens is 232 g/mol. The van der Waals surface area contributed by atoms with Gasteiger partial charge in [-0.2, -0.15) is 0 Å². The smallest absolute Gasteiger partial charge is 0.449 e. The highest BCUT2D eigenvalue weighted by atomic mass is 17.2. The van der Waals surface area contributed by atoms with Crippen LogP contribution in [-0.4, -0.2) is 35.7 Å². The van der Waals surface area contributed by atoms with Crippen molar-refractivity contribution in [3.8, 4) is 0 Å². The zero-order valence-corrected chi connectivity index (χ0v) is 10.5. The lowest BCUT2D eigenvalue weighted by atomic mass is 10.2. The molecule has 17 heavy (non-hydrogen) atoms. The van der Waals surface area contributed by atoms with Crippen molar-refractivity contribution in [3.63, 3.8) is 0 Å². The third-order valence-corrected chi connectivity index (χ3v) is 1.06. The van der Waals surface area contributed by atoms with Crippen molar-refractivity contribution in [2.45, 2.75) is 27.7 Å². The molecule has 0 aliphatic carbocycles. The van der Waals surface area contributed by atoms with Crippen LogP contribution in [-0.2, 0) is 14.5 Å². The molecule has 0 atom stereocenters. The number of hydrogen-bond donors (Lipinski definition) is 2. The Balaban J connectivity index is 0. The van der Waals surface area contributed by atoms with Crippen LogP contribution < -0.4 is 0 Å². The second-order valence-corrected chi connectivity index (χ2v) is 3.99. The summed E-state index contributed by atoms with van der Waals surface area (Å²) in [5.41, 5.74) is 0.